The maximum absolute atomic E-state index is 12.9. The molecule has 5 nitrogen and oxygen atoms in total. The summed E-state index contributed by atoms with van der Waals surface area (Å²) < 4.78 is 5.03. The minimum absolute atomic E-state index is 0.114. The number of hydrogen-bond donors (Lipinski definition) is 1. The normalized spacial score (nSPS) is 11.9. The summed E-state index contributed by atoms with van der Waals surface area (Å²) in [5.74, 6) is -0.485. The zero-order valence-corrected chi connectivity index (χ0v) is 15.9. The molecule has 0 aromatic heterocycles. The van der Waals surface area contributed by atoms with E-state index in [1.165, 1.54) is 24.1 Å². The highest BCUT2D eigenvalue weighted by molar-refractivity contribution is 6.30. The van der Waals surface area contributed by atoms with Crippen LogP contribution in [0, 0.1) is 5.92 Å². The number of rotatable bonds is 6. The van der Waals surface area contributed by atoms with E-state index in [1.807, 2.05) is 13.8 Å². The van der Waals surface area contributed by atoms with E-state index in [0.717, 1.165) is 0 Å². The largest absolute Gasteiger partial charge is 0.507 e. The van der Waals surface area contributed by atoms with Gasteiger partial charge in [-0.1, -0.05) is 25.4 Å². The Balaban J connectivity index is 2.33. The summed E-state index contributed by atoms with van der Waals surface area (Å²) in [5.41, 5.74) is 0.592. The average Bonchev–Trinajstić information content (AvgIpc) is 2.61. The van der Waals surface area contributed by atoms with E-state index in [-0.39, 0.29) is 23.0 Å². The molecule has 0 saturated carbocycles. The number of ether oxygens (including phenoxy) is 1. The Bertz CT molecular complexity index is 802. The molecule has 2 rings (SSSR count). The van der Waals surface area contributed by atoms with Crippen LogP contribution in [0.4, 0.5) is 0 Å². The van der Waals surface area contributed by atoms with Crippen LogP contribution in [-0.4, -0.2) is 41.9 Å². The molecule has 0 heterocycles. The fourth-order valence-electron chi connectivity index (χ4n) is 2.85. The molecule has 26 heavy (non-hydrogen) atoms. The number of phenolic OH excluding ortho intramolecular Hbond substituents is 1. The first kappa shape index (κ1) is 19.8. The number of phenols is 1. The Morgan fingerprint density at radius 2 is 1.73 bits per heavy atom. The van der Waals surface area contributed by atoms with Crippen LogP contribution in [0.25, 0.3) is 0 Å². The van der Waals surface area contributed by atoms with Crippen molar-refractivity contribution in [2.75, 3.05) is 14.2 Å². The minimum Gasteiger partial charge on any atom is -0.507 e. The molecule has 0 unspecified atom stereocenters. The summed E-state index contributed by atoms with van der Waals surface area (Å²) in [6.45, 7) is 3.74. The second-order valence-electron chi connectivity index (χ2n) is 6.36. The number of nitrogens with zero attached hydrogens (tertiary/aromatic N) is 1. The Hall–Kier alpha value is -2.53. The lowest BCUT2D eigenvalue weighted by Gasteiger charge is -2.30. The van der Waals surface area contributed by atoms with Gasteiger partial charge in [0.2, 0.25) is 0 Å². The van der Waals surface area contributed by atoms with Crippen molar-refractivity contribution < 1.29 is 19.4 Å². The van der Waals surface area contributed by atoms with Crippen LogP contribution in [0.5, 0.6) is 11.5 Å². The van der Waals surface area contributed by atoms with Crippen LogP contribution < -0.4 is 4.74 Å². The molecule has 6 heteroatoms. The summed E-state index contributed by atoms with van der Waals surface area (Å²) in [6, 6.07) is 10.3. The number of carbonyl (C=O) groups is 2. The Morgan fingerprint density at radius 3 is 2.23 bits per heavy atom. The molecule has 0 radical (unpaired) electrons. The number of likely N-dealkylation sites (N-methyl/N-ethyl adjacent to an activating group) is 1. The Kier molecular flexibility index (Phi) is 6.27. The minimum atomic E-state index is -0.676. The van der Waals surface area contributed by atoms with Gasteiger partial charge in [-0.25, -0.2) is 0 Å². The molecule has 2 aromatic carbocycles. The molecular formula is C20H22ClNO4. The first-order chi connectivity index (χ1) is 12.3. The SMILES string of the molecule is COc1ccc(C(=O)N(C)[C@H](C(=O)c2ccc(Cl)cc2)C(C)C)c(O)c1. The maximum atomic E-state index is 12.9. The van der Waals surface area contributed by atoms with Crippen LogP contribution in [0.2, 0.25) is 5.02 Å². The monoisotopic (exact) mass is 375 g/mol. The van der Waals surface area contributed by atoms with E-state index in [2.05, 4.69) is 0 Å². The highest BCUT2D eigenvalue weighted by Crippen LogP contribution is 2.26. The summed E-state index contributed by atoms with van der Waals surface area (Å²) >= 11 is 5.88. The van der Waals surface area contributed by atoms with Crippen molar-refractivity contribution in [2.24, 2.45) is 5.92 Å². The Labute approximate surface area is 158 Å². The molecule has 0 aliphatic carbocycles. The molecule has 0 bridgehead atoms. The maximum Gasteiger partial charge on any atom is 0.257 e. The van der Waals surface area contributed by atoms with Gasteiger partial charge >= 0.3 is 0 Å². The van der Waals surface area contributed by atoms with E-state index >= 15 is 0 Å². The van der Waals surface area contributed by atoms with Gasteiger partial charge in [-0.3, -0.25) is 9.59 Å². The lowest BCUT2D eigenvalue weighted by molar-refractivity contribution is 0.0607. The quantitative estimate of drug-likeness (QED) is 0.774. The third-order valence-corrected chi connectivity index (χ3v) is 4.45. The van der Waals surface area contributed by atoms with E-state index < -0.39 is 11.9 Å². The molecular weight excluding hydrogens is 354 g/mol. The molecule has 1 N–H and O–H groups in total. The van der Waals surface area contributed by atoms with Crippen LogP contribution in [0.15, 0.2) is 42.5 Å². The second kappa shape index (κ2) is 8.23. The topological polar surface area (TPSA) is 66.8 Å². The fourth-order valence-corrected chi connectivity index (χ4v) is 2.97. The first-order valence-corrected chi connectivity index (χ1v) is 8.58. The van der Waals surface area contributed by atoms with Gasteiger partial charge in [-0.2, -0.15) is 0 Å². The smallest absolute Gasteiger partial charge is 0.257 e. The molecule has 1 atom stereocenters. The third kappa shape index (κ3) is 4.17. The summed E-state index contributed by atoms with van der Waals surface area (Å²) in [5, 5.41) is 10.7. The van der Waals surface area contributed by atoms with Crippen molar-refractivity contribution >= 4 is 23.3 Å². The fraction of sp³-hybridized carbons (Fsp3) is 0.300. The van der Waals surface area contributed by atoms with E-state index in [0.29, 0.717) is 16.3 Å². The van der Waals surface area contributed by atoms with Gasteiger partial charge in [-0.05, 0) is 42.3 Å². The number of amides is 1. The molecule has 0 saturated heterocycles. The highest BCUT2D eigenvalue weighted by atomic mass is 35.5. The summed E-state index contributed by atoms with van der Waals surface area (Å²) in [4.78, 5) is 27.2. The van der Waals surface area contributed by atoms with Crippen LogP contribution in [-0.2, 0) is 0 Å². The predicted octanol–water partition coefficient (Wildman–Crippen LogP) is 4.03. The lowest BCUT2D eigenvalue weighted by Crippen LogP contribution is -2.45. The molecule has 0 aliphatic heterocycles. The van der Waals surface area contributed by atoms with Gasteiger partial charge in [-0.15, -0.1) is 0 Å². The van der Waals surface area contributed by atoms with Crippen molar-refractivity contribution in [3.8, 4) is 11.5 Å². The molecule has 2 aromatic rings. The van der Waals surface area contributed by atoms with Crippen molar-refractivity contribution in [1.82, 2.24) is 4.90 Å². The van der Waals surface area contributed by atoms with Crippen molar-refractivity contribution in [3.63, 3.8) is 0 Å². The van der Waals surface area contributed by atoms with E-state index in [1.54, 1.807) is 37.4 Å². The number of aromatic hydroxyl groups is 1. The second-order valence-corrected chi connectivity index (χ2v) is 6.80. The van der Waals surface area contributed by atoms with E-state index in [9.17, 15) is 14.7 Å². The number of benzene rings is 2. The molecule has 0 spiro atoms. The number of ketones is 1. The van der Waals surface area contributed by atoms with Gasteiger partial charge in [0.25, 0.3) is 5.91 Å². The van der Waals surface area contributed by atoms with Gasteiger partial charge in [0.05, 0.1) is 18.7 Å². The van der Waals surface area contributed by atoms with Crippen molar-refractivity contribution in [1.29, 1.82) is 0 Å². The summed E-state index contributed by atoms with van der Waals surface area (Å²) in [7, 11) is 3.03. The number of halogens is 1. The zero-order chi connectivity index (χ0) is 19.4. The molecule has 138 valence electrons. The summed E-state index contributed by atoms with van der Waals surface area (Å²) in [6.07, 6.45) is 0. The van der Waals surface area contributed by atoms with Crippen LogP contribution in [0.3, 0.4) is 0 Å². The van der Waals surface area contributed by atoms with Gasteiger partial charge < -0.3 is 14.7 Å². The van der Waals surface area contributed by atoms with Crippen molar-refractivity contribution in [3.05, 3.63) is 58.6 Å². The standard InChI is InChI=1S/C20H22ClNO4/c1-12(2)18(19(24)13-5-7-14(21)8-6-13)22(3)20(25)16-10-9-15(26-4)11-17(16)23/h5-12,18,23H,1-4H3/t18-/m0/s1. The number of Topliss-reactive ketones (excluding diaryl/α,β-unsaturated/α-hetero) is 1. The number of hydrogen-bond acceptors (Lipinski definition) is 4. The lowest BCUT2D eigenvalue weighted by atomic mass is 9.93. The highest BCUT2D eigenvalue weighted by Gasteiger charge is 2.32. The van der Waals surface area contributed by atoms with Gasteiger partial charge in [0.15, 0.2) is 5.78 Å². The third-order valence-electron chi connectivity index (χ3n) is 4.20. The van der Waals surface area contributed by atoms with Crippen LogP contribution >= 0.6 is 11.6 Å². The molecule has 0 fully saturated rings. The Morgan fingerprint density at radius 1 is 1.12 bits per heavy atom. The first-order valence-electron chi connectivity index (χ1n) is 8.20. The molecule has 0 aliphatic rings. The number of methoxy groups -OCH3 is 1. The van der Waals surface area contributed by atoms with E-state index in [4.69, 9.17) is 16.3 Å². The van der Waals surface area contributed by atoms with Gasteiger partial charge in [0.1, 0.15) is 11.5 Å². The average molecular weight is 376 g/mol. The van der Waals surface area contributed by atoms with Crippen molar-refractivity contribution in [2.45, 2.75) is 19.9 Å². The zero-order valence-electron chi connectivity index (χ0n) is 15.2. The number of carbonyl (C=O) groups excluding carboxylic acids is 2. The van der Waals surface area contributed by atoms with Gasteiger partial charge in [0, 0.05) is 23.7 Å². The van der Waals surface area contributed by atoms with Crippen LogP contribution in [0.1, 0.15) is 34.6 Å². The molecule has 1 amide bonds. The predicted molar refractivity (Wildman–Crippen MR) is 101 cm³/mol.